The largest absolute Gasteiger partial charge is 0.490 e. The molecule has 1 aliphatic rings. The van der Waals surface area contributed by atoms with E-state index in [1.165, 1.54) is 0 Å². The monoisotopic (exact) mass is 411 g/mol. The van der Waals surface area contributed by atoms with Crippen LogP contribution in [0.25, 0.3) is 10.8 Å². The van der Waals surface area contributed by atoms with Crippen LogP contribution in [0.2, 0.25) is 5.02 Å². The van der Waals surface area contributed by atoms with Crippen molar-refractivity contribution in [1.29, 1.82) is 0 Å². The van der Waals surface area contributed by atoms with Gasteiger partial charge in [0.25, 0.3) is 0 Å². The Hall–Kier alpha value is -2.41. The SMILES string of the molecule is Cc1c(Cl)cccc1[C@@H](N)Nc1nnc(C)c2ccc(OC3CCNCC3)cc12. The molecule has 0 saturated carbocycles. The molecule has 1 aliphatic heterocycles. The number of nitrogens with zero attached hydrogens (tertiary/aromatic N) is 2. The normalized spacial score (nSPS) is 16.0. The first-order chi connectivity index (χ1) is 14.0. The molecule has 1 saturated heterocycles. The molecule has 152 valence electrons. The van der Waals surface area contributed by atoms with E-state index in [1.54, 1.807) is 0 Å². The zero-order valence-electron chi connectivity index (χ0n) is 16.7. The van der Waals surface area contributed by atoms with Crippen LogP contribution in [0.3, 0.4) is 0 Å². The van der Waals surface area contributed by atoms with Crippen molar-refractivity contribution in [3.8, 4) is 5.75 Å². The summed E-state index contributed by atoms with van der Waals surface area (Å²) in [4.78, 5) is 0. The smallest absolute Gasteiger partial charge is 0.158 e. The van der Waals surface area contributed by atoms with Crippen molar-refractivity contribution in [3.63, 3.8) is 0 Å². The fraction of sp³-hybridized carbons (Fsp3) is 0.364. The summed E-state index contributed by atoms with van der Waals surface area (Å²) in [5, 5.41) is 18.0. The Balaban J connectivity index is 1.65. The van der Waals surface area contributed by atoms with E-state index in [9.17, 15) is 0 Å². The Labute approximate surface area is 175 Å². The third-order valence-corrected chi connectivity index (χ3v) is 5.87. The maximum atomic E-state index is 6.44. The number of rotatable bonds is 5. The molecule has 1 aromatic heterocycles. The lowest BCUT2D eigenvalue weighted by Crippen LogP contribution is -2.34. The van der Waals surface area contributed by atoms with E-state index in [1.807, 2.05) is 50.2 Å². The van der Waals surface area contributed by atoms with E-state index in [4.69, 9.17) is 22.1 Å². The average Bonchev–Trinajstić information content (AvgIpc) is 2.73. The van der Waals surface area contributed by atoms with Crippen LogP contribution >= 0.6 is 11.6 Å². The molecule has 1 atom stereocenters. The Bertz CT molecular complexity index is 1020. The van der Waals surface area contributed by atoms with Crippen molar-refractivity contribution in [2.75, 3.05) is 18.4 Å². The molecule has 0 aliphatic carbocycles. The first-order valence-corrected chi connectivity index (χ1v) is 10.3. The molecule has 7 heteroatoms. The molecule has 3 aromatic rings. The van der Waals surface area contributed by atoms with Crippen molar-refractivity contribution >= 4 is 28.2 Å². The van der Waals surface area contributed by atoms with E-state index >= 15 is 0 Å². The fourth-order valence-corrected chi connectivity index (χ4v) is 3.92. The van der Waals surface area contributed by atoms with Gasteiger partial charge in [-0.15, -0.1) is 5.10 Å². The molecule has 29 heavy (non-hydrogen) atoms. The van der Waals surface area contributed by atoms with Gasteiger partial charge in [-0.3, -0.25) is 0 Å². The van der Waals surface area contributed by atoms with Gasteiger partial charge >= 0.3 is 0 Å². The molecule has 0 radical (unpaired) electrons. The van der Waals surface area contributed by atoms with Crippen LogP contribution < -0.4 is 21.1 Å². The van der Waals surface area contributed by atoms with Crippen molar-refractivity contribution in [1.82, 2.24) is 15.5 Å². The molecular weight excluding hydrogens is 386 g/mol. The lowest BCUT2D eigenvalue weighted by molar-refractivity contribution is 0.162. The highest BCUT2D eigenvalue weighted by molar-refractivity contribution is 6.31. The molecule has 6 nitrogen and oxygen atoms in total. The number of aromatic nitrogens is 2. The minimum Gasteiger partial charge on any atom is -0.490 e. The highest BCUT2D eigenvalue weighted by Gasteiger charge is 2.17. The van der Waals surface area contributed by atoms with Crippen molar-refractivity contribution < 1.29 is 4.74 Å². The molecule has 4 N–H and O–H groups in total. The second-order valence-corrected chi connectivity index (χ2v) is 7.89. The summed E-state index contributed by atoms with van der Waals surface area (Å²) in [5.41, 5.74) is 9.18. The summed E-state index contributed by atoms with van der Waals surface area (Å²) >= 11 is 6.26. The first kappa shape index (κ1) is 19.9. The van der Waals surface area contributed by atoms with Crippen LogP contribution in [0.15, 0.2) is 36.4 Å². The third-order valence-electron chi connectivity index (χ3n) is 5.46. The number of aryl methyl sites for hydroxylation is 1. The highest BCUT2D eigenvalue weighted by atomic mass is 35.5. The van der Waals surface area contributed by atoms with Gasteiger partial charge in [0.2, 0.25) is 0 Å². The number of halogens is 1. The highest BCUT2D eigenvalue weighted by Crippen LogP contribution is 2.31. The summed E-state index contributed by atoms with van der Waals surface area (Å²) in [6, 6.07) is 11.8. The zero-order chi connectivity index (χ0) is 20.4. The molecule has 4 rings (SSSR count). The Morgan fingerprint density at radius 1 is 1.14 bits per heavy atom. The molecule has 0 amide bonds. The first-order valence-electron chi connectivity index (χ1n) is 9.94. The number of hydrogen-bond acceptors (Lipinski definition) is 6. The van der Waals surface area contributed by atoms with Gasteiger partial charge in [0, 0.05) is 15.8 Å². The van der Waals surface area contributed by atoms with Gasteiger partial charge in [0.1, 0.15) is 18.0 Å². The van der Waals surface area contributed by atoms with Gasteiger partial charge in [-0.2, -0.15) is 5.10 Å². The quantitative estimate of drug-likeness (QED) is 0.548. The molecule has 0 unspecified atom stereocenters. The molecule has 2 heterocycles. The van der Waals surface area contributed by atoms with E-state index < -0.39 is 6.17 Å². The van der Waals surface area contributed by atoms with Crippen LogP contribution in [0.1, 0.15) is 35.8 Å². The van der Waals surface area contributed by atoms with Gasteiger partial charge in [-0.1, -0.05) is 23.7 Å². The van der Waals surface area contributed by atoms with Gasteiger partial charge < -0.3 is 21.1 Å². The number of fused-ring (bicyclic) bond motifs is 1. The van der Waals surface area contributed by atoms with E-state index in [0.29, 0.717) is 10.8 Å². The predicted octanol–water partition coefficient (Wildman–Crippen LogP) is 4.10. The predicted molar refractivity (Wildman–Crippen MR) is 118 cm³/mol. The molecule has 1 fully saturated rings. The summed E-state index contributed by atoms with van der Waals surface area (Å²) in [7, 11) is 0. The van der Waals surface area contributed by atoms with Crippen LogP contribution in [-0.2, 0) is 0 Å². The van der Waals surface area contributed by atoms with Crippen molar-refractivity contribution in [3.05, 3.63) is 58.2 Å². The number of benzene rings is 2. The van der Waals surface area contributed by atoms with Crippen LogP contribution in [0.5, 0.6) is 5.75 Å². The van der Waals surface area contributed by atoms with E-state index in [2.05, 4.69) is 20.8 Å². The molecule has 0 spiro atoms. The van der Waals surface area contributed by atoms with Gasteiger partial charge in [-0.25, -0.2) is 0 Å². The molecular formula is C22H26ClN5O. The van der Waals surface area contributed by atoms with Gasteiger partial charge in [0.15, 0.2) is 5.82 Å². The average molecular weight is 412 g/mol. The van der Waals surface area contributed by atoms with Gasteiger partial charge in [0.05, 0.1) is 5.69 Å². The second-order valence-electron chi connectivity index (χ2n) is 7.48. The van der Waals surface area contributed by atoms with Crippen LogP contribution in [0, 0.1) is 13.8 Å². The minimum absolute atomic E-state index is 0.234. The Kier molecular flexibility index (Phi) is 5.85. The zero-order valence-corrected chi connectivity index (χ0v) is 17.5. The maximum absolute atomic E-state index is 6.44. The van der Waals surface area contributed by atoms with Crippen LogP contribution in [0.4, 0.5) is 5.82 Å². The Morgan fingerprint density at radius 3 is 2.72 bits per heavy atom. The lowest BCUT2D eigenvalue weighted by atomic mass is 10.1. The number of nitrogens with one attached hydrogen (secondary N) is 2. The summed E-state index contributed by atoms with van der Waals surface area (Å²) in [6.45, 7) is 5.89. The van der Waals surface area contributed by atoms with Crippen LogP contribution in [-0.4, -0.2) is 29.4 Å². The number of hydrogen-bond donors (Lipinski definition) is 3. The molecule has 0 bridgehead atoms. The second kappa shape index (κ2) is 8.53. The Morgan fingerprint density at radius 2 is 1.93 bits per heavy atom. The summed E-state index contributed by atoms with van der Waals surface area (Å²) in [5.74, 6) is 1.47. The van der Waals surface area contributed by atoms with Gasteiger partial charge in [-0.05, 0) is 75.2 Å². The standard InChI is InChI=1S/C22H26ClN5O/c1-13-17(4-3-5-20(13)23)21(24)26-22-19-12-16(29-15-8-10-25-11-9-15)6-7-18(19)14(2)27-28-22/h3-7,12,15,21,25H,8-11,24H2,1-2H3,(H,26,28)/t21-/m0/s1. The van der Waals surface area contributed by atoms with Crippen molar-refractivity contribution in [2.45, 2.75) is 39.0 Å². The maximum Gasteiger partial charge on any atom is 0.158 e. The van der Waals surface area contributed by atoms with Crippen molar-refractivity contribution in [2.24, 2.45) is 5.73 Å². The number of nitrogens with two attached hydrogens (primary N) is 1. The summed E-state index contributed by atoms with van der Waals surface area (Å²) in [6.07, 6.45) is 1.80. The lowest BCUT2D eigenvalue weighted by Gasteiger charge is -2.24. The van der Waals surface area contributed by atoms with E-state index in [-0.39, 0.29) is 6.10 Å². The van der Waals surface area contributed by atoms with E-state index in [0.717, 1.165) is 59.3 Å². The third kappa shape index (κ3) is 4.29. The minimum atomic E-state index is -0.456. The number of piperidine rings is 1. The number of anilines is 1. The number of ether oxygens (including phenoxy) is 1. The topological polar surface area (TPSA) is 85.1 Å². The summed E-state index contributed by atoms with van der Waals surface area (Å²) < 4.78 is 6.22. The fourth-order valence-electron chi connectivity index (χ4n) is 3.74. The molecule has 2 aromatic carbocycles.